The second-order valence-electron chi connectivity index (χ2n) is 7.42. The molecule has 0 bridgehead atoms. The van der Waals surface area contributed by atoms with Gasteiger partial charge in [0.25, 0.3) is 5.69 Å². The largest absolute Gasteiger partial charge is 0.492 e. The number of hydrogen-bond acceptors (Lipinski definition) is 6. The van der Waals surface area contributed by atoms with E-state index in [-0.39, 0.29) is 34.6 Å². The molecule has 9 nitrogen and oxygen atoms in total. The Morgan fingerprint density at radius 3 is 2.75 bits per heavy atom. The van der Waals surface area contributed by atoms with E-state index >= 15 is 0 Å². The van der Waals surface area contributed by atoms with E-state index in [2.05, 4.69) is 5.32 Å². The smallest absolute Gasteiger partial charge is 0.274 e. The first-order chi connectivity index (χ1) is 15.1. The van der Waals surface area contributed by atoms with Crippen LogP contribution >= 0.6 is 11.6 Å². The molecule has 1 fully saturated rings. The number of nitro groups is 1. The number of rotatable bonds is 7. The third kappa shape index (κ3) is 5.03. The number of nitrogens with zero attached hydrogens (tertiary/aromatic N) is 2. The Morgan fingerprint density at radius 1 is 1.34 bits per heavy atom. The molecule has 0 spiro atoms. The minimum absolute atomic E-state index is 0.00692. The van der Waals surface area contributed by atoms with E-state index in [4.69, 9.17) is 16.3 Å². The SMILES string of the molecule is CCOc1ccc(S(=O)(=O)N2CCC[C@@H](C(=O)Nc3cccc([N+](=O)[O-])c3C)C2)cc1Cl. The van der Waals surface area contributed by atoms with Gasteiger partial charge in [0.15, 0.2) is 0 Å². The topological polar surface area (TPSA) is 119 Å². The maximum atomic E-state index is 13.1. The second-order valence-corrected chi connectivity index (χ2v) is 9.77. The molecule has 32 heavy (non-hydrogen) atoms. The van der Waals surface area contributed by atoms with Gasteiger partial charge >= 0.3 is 0 Å². The van der Waals surface area contributed by atoms with E-state index in [0.29, 0.717) is 36.4 Å². The van der Waals surface area contributed by atoms with Crippen LogP contribution in [0.5, 0.6) is 5.75 Å². The highest BCUT2D eigenvalue weighted by Crippen LogP contribution is 2.31. The molecule has 1 aliphatic rings. The van der Waals surface area contributed by atoms with Crippen molar-refractivity contribution in [3.05, 3.63) is 57.1 Å². The zero-order valence-corrected chi connectivity index (χ0v) is 19.3. The van der Waals surface area contributed by atoms with Crippen molar-refractivity contribution < 1.29 is 22.9 Å². The summed E-state index contributed by atoms with van der Waals surface area (Å²) in [5.74, 6) is -0.565. The number of hydrogen-bond donors (Lipinski definition) is 1. The van der Waals surface area contributed by atoms with Gasteiger partial charge in [-0.15, -0.1) is 0 Å². The van der Waals surface area contributed by atoms with Gasteiger partial charge in [0.2, 0.25) is 15.9 Å². The van der Waals surface area contributed by atoms with Gasteiger partial charge in [-0.1, -0.05) is 17.7 Å². The van der Waals surface area contributed by atoms with Crippen molar-refractivity contribution in [2.45, 2.75) is 31.6 Å². The minimum Gasteiger partial charge on any atom is -0.492 e. The van der Waals surface area contributed by atoms with Crippen LogP contribution in [-0.4, -0.2) is 43.2 Å². The highest BCUT2D eigenvalue weighted by molar-refractivity contribution is 7.89. The van der Waals surface area contributed by atoms with Crippen LogP contribution in [0.3, 0.4) is 0 Å². The third-order valence-electron chi connectivity index (χ3n) is 5.36. The van der Waals surface area contributed by atoms with Gasteiger partial charge in [-0.05, 0) is 51.0 Å². The van der Waals surface area contributed by atoms with Crippen LogP contribution in [0.1, 0.15) is 25.3 Å². The van der Waals surface area contributed by atoms with E-state index in [1.165, 1.54) is 34.6 Å². The van der Waals surface area contributed by atoms with Gasteiger partial charge in [-0.3, -0.25) is 14.9 Å². The molecule has 1 saturated heterocycles. The van der Waals surface area contributed by atoms with Crippen molar-refractivity contribution in [2.24, 2.45) is 5.92 Å². The molecule has 0 radical (unpaired) electrons. The molecule has 0 unspecified atom stereocenters. The predicted octanol–water partition coefficient (Wildman–Crippen LogP) is 3.99. The molecule has 0 saturated carbocycles. The summed E-state index contributed by atoms with van der Waals surface area (Å²) in [5, 5.41) is 14.0. The van der Waals surface area contributed by atoms with Gasteiger partial charge in [-0.2, -0.15) is 4.31 Å². The Morgan fingerprint density at radius 2 is 2.09 bits per heavy atom. The first kappa shape index (κ1) is 24.0. The second kappa shape index (κ2) is 9.85. The fourth-order valence-electron chi connectivity index (χ4n) is 3.63. The number of carbonyl (C=O) groups is 1. The molecule has 0 aliphatic carbocycles. The lowest BCUT2D eigenvalue weighted by Gasteiger charge is -2.31. The average molecular weight is 482 g/mol. The maximum Gasteiger partial charge on any atom is 0.274 e. The van der Waals surface area contributed by atoms with Crippen molar-refractivity contribution >= 4 is 38.9 Å². The summed E-state index contributed by atoms with van der Waals surface area (Å²) >= 11 is 6.15. The summed E-state index contributed by atoms with van der Waals surface area (Å²) in [5.41, 5.74) is 0.584. The number of nitrogens with one attached hydrogen (secondary N) is 1. The van der Waals surface area contributed by atoms with Crippen LogP contribution in [0, 0.1) is 23.0 Å². The molecule has 172 valence electrons. The number of ether oxygens (including phenoxy) is 1. The van der Waals surface area contributed by atoms with E-state index in [1.807, 2.05) is 0 Å². The quantitative estimate of drug-likeness (QED) is 0.471. The summed E-state index contributed by atoms with van der Waals surface area (Å²) < 4.78 is 32.9. The molecular weight excluding hydrogens is 458 g/mol. The molecule has 3 rings (SSSR count). The van der Waals surface area contributed by atoms with Gasteiger partial charge in [0, 0.05) is 19.2 Å². The Bertz CT molecular complexity index is 1140. The molecule has 1 aliphatic heterocycles. The molecule has 1 heterocycles. The number of halogens is 1. The summed E-state index contributed by atoms with van der Waals surface area (Å²) in [7, 11) is -3.86. The van der Waals surface area contributed by atoms with Crippen LogP contribution in [-0.2, 0) is 14.8 Å². The maximum absolute atomic E-state index is 13.1. The normalized spacial score (nSPS) is 17.0. The molecule has 0 aromatic heterocycles. The van der Waals surface area contributed by atoms with Crippen molar-refractivity contribution in [1.29, 1.82) is 0 Å². The number of anilines is 1. The van der Waals surface area contributed by atoms with Crippen LogP contribution < -0.4 is 10.1 Å². The highest BCUT2D eigenvalue weighted by atomic mass is 35.5. The van der Waals surface area contributed by atoms with Crippen molar-refractivity contribution in [3.8, 4) is 5.75 Å². The summed E-state index contributed by atoms with van der Waals surface area (Å²) in [4.78, 5) is 23.5. The van der Waals surface area contributed by atoms with Gasteiger partial charge < -0.3 is 10.1 Å². The summed E-state index contributed by atoms with van der Waals surface area (Å²) in [6.07, 6.45) is 1.02. The molecule has 1 amide bonds. The Balaban J connectivity index is 1.76. The summed E-state index contributed by atoms with van der Waals surface area (Å²) in [6.45, 7) is 4.05. The van der Waals surface area contributed by atoms with Crippen LogP contribution in [0.2, 0.25) is 5.02 Å². The van der Waals surface area contributed by atoms with E-state index < -0.39 is 20.9 Å². The Labute approximate surface area is 191 Å². The zero-order valence-electron chi connectivity index (χ0n) is 17.7. The van der Waals surface area contributed by atoms with E-state index in [0.717, 1.165) is 0 Å². The fraction of sp³-hybridized carbons (Fsp3) is 0.381. The Kier molecular flexibility index (Phi) is 7.37. The average Bonchev–Trinajstić information content (AvgIpc) is 2.76. The molecule has 2 aromatic carbocycles. The molecule has 2 aromatic rings. The number of benzene rings is 2. The number of amides is 1. The fourth-order valence-corrected chi connectivity index (χ4v) is 5.48. The number of piperidine rings is 1. The Hall–Kier alpha value is -2.69. The lowest BCUT2D eigenvalue weighted by atomic mass is 9.98. The first-order valence-electron chi connectivity index (χ1n) is 10.1. The number of nitro benzene ring substituents is 1. The number of sulfonamides is 1. The van der Waals surface area contributed by atoms with Gasteiger partial charge in [0.1, 0.15) is 5.75 Å². The minimum atomic E-state index is -3.86. The highest BCUT2D eigenvalue weighted by Gasteiger charge is 2.34. The molecular formula is C21H24ClN3O6S. The lowest BCUT2D eigenvalue weighted by Crippen LogP contribution is -2.43. The van der Waals surface area contributed by atoms with Crippen LogP contribution in [0.25, 0.3) is 0 Å². The number of carbonyl (C=O) groups excluding carboxylic acids is 1. The van der Waals surface area contributed by atoms with Crippen LogP contribution in [0.4, 0.5) is 11.4 Å². The molecule has 1 atom stereocenters. The summed E-state index contributed by atoms with van der Waals surface area (Å²) in [6, 6.07) is 8.73. The van der Waals surface area contributed by atoms with Crippen LogP contribution in [0.15, 0.2) is 41.3 Å². The third-order valence-corrected chi connectivity index (χ3v) is 7.51. The van der Waals surface area contributed by atoms with Gasteiger partial charge in [0.05, 0.1) is 38.6 Å². The van der Waals surface area contributed by atoms with E-state index in [9.17, 15) is 23.3 Å². The lowest BCUT2D eigenvalue weighted by molar-refractivity contribution is -0.385. The van der Waals surface area contributed by atoms with Crippen molar-refractivity contribution in [2.75, 3.05) is 25.0 Å². The first-order valence-corrected chi connectivity index (χ1v) is 11.9. The monoisotopic (exact) mass is 481 g/mol. The standard InChI is InChI=1S/C21H24ClN3O6S/c1-3-31-20-10-9-16(12-17(20)22)32(29,30)24-11-5-6-15(13-24)21(26)23-18-7-4-8-19(14(18)2)25(27)28/h4,7-10,12,15H,3,5-6,11,13H2,1-2H3,(H,23,26)/t15-/m1/s1. The zero-order chi connectivity index (χ0) is 23.5. The van der Waals surface area contributed by atoms with Crippen molar-refractivity contribution in [1.82, 2.24) is 4.31 Å². The predicted molar refractivity (Wildman–Crippen MR) is 121 cm³/mol. The molecule has 11 heteroatoms. The molecule has 1 N–H and O–H groups in total. The van der Waals surface area contributed by atoms with Crippen molar-refractivity contribution in [3.63, 3.8) is 0 Å². The van der Waals surface area contributed by atoms with E-state index in [1.54, 1.807) is 19.9 Å². The van der Waals surface area contributed by atoms with Gasteiger partial charge in [-0.25, -0.2) is 8.42 Å².